The minimum absolute atomic E-state index is 0.316. The molecule has 0 aliphatic heterocycles. The van der Waals surface area contributed by atoms with Gasteiger partial charge in [-0.05, 0) is 37.1 Å². The maximum Gasteiger partial charge on any atom is 0.131 e. The van der Waals surface area contributed by atoms with Crippen molar-refractivity contribution >= 4 is 0 Å². The predicted molar refractivity (Wildman–Crippen MR) is 90.8 cm³/mol. The molecule has 4 heteroatoms. The van der Waals surface area contributed by atoms with E-state index in [1.807, 2.05) is 31.2 Å². The number of aromatic nitrogens is 2. The predicted octanol–water partition coefficient (Wildman–Crippen LogP) is 4.56. The number of halogens is 1. The van der Waals surface area contributed by atoms with E-state index in [0.717, 1.165) is 11.1 Å². The molecule has 24 heavy (non-hydrogen) atoms. The van der Waals surface area contributed by atoms with Crippen molar-refractivity contribution in [1.82, 2.24) is 10.2 Å². The smallest absolute Gasteiger partial charge is 0.131 e. The van der Waals surface area contributed by atoms with Gasteiger partial charge in [-0.3, -0.25) is 0 Å². The van der Waals surface area contributed by atoms with Gasteiger partial charge >= 0.3 is 0 Å². The zero-order valence-corrected chi connectivity index (χ0v) is 13.5. The van der Waals surface area contributed by atoms with E-state index in [1.165, 1.54) is 6.07 Å². The van der Waals surface area contributed by atoms with Crippen LogP contribution in [0.2, 0.25) is 0 Å². The molecule has 0 saturated heterocycles. The summed E-state index contributed by atoms with van der Waals surface area (Å²) in [5, 5.41) is 18.0. The number of hydrogen-bond donors (Lipinski definition) is 0. The van der Waals surface area contributed by atoms with Gasteiger partial charge in [0.2, 0.25) is 0 Å². The van der Waals surface area contributed by atoms with Crippen LogP contribution in [-0.2, 0) is 0 Å². The van der Waals surface area contributed by atoms with E-state index in [0.29, 0.717) is 22.5 Å². The summed E-state index contributed by atoms with van der Waals surface area (Å²) in [7, 11) is 0. The number of rotatable bonds is 3. The van der Waals surface area contributed by atoms with Crippen LogP contribution in [0, 0.1) is 31.0 Å². The van der Waals surface area contributed by atoms with Crippen molar-refractivity contribution < 1.29 is 4.39 Å². The Bertz CT molecular complexity index is 928. The average molecular weight is 317 g/mol. The first-order chi connectivity index (χ1) is 11.6. The van der Waals surface area contributed by atoms with Crippen molar-refractivity contribution in [2.75, 3.05) is 0 Å². The summed E-state index contributed by atoms with van der Waals surface area (Å²) in [6, 6.07) is 18.3. The van der Waals surface area contributed by atoms with Crippen LogP contribution in [0.15, 0.2) is 54.6 Å². The third-order valence-electron chi connectivity index (χ3n) is 4.09. The Balaban J connectivity index is 2.13. The molecule has 0 aliphatic carbocycles. The van der Waals surface area contributed by atoms with Crippen LogP contribution in [0.5, 0.6) is 0 Å². The van der Waals surface area contributed by atoms with Gasteiger partial charge in [0.25, 0.3) is 0 Å². The molecule has 1 unspecified atom stereocenters. The third-order valence-corrected chi connectivity index (χ3v) is 4.09. The Kier molecular flexibility index (Phi) is 4.35. The summed E-state index contributed by atoms with van der Waals surface area (Å²) in [5.74, 6) is -0.853. The van der Waals surface area contributed by atoms with Crippen molar-refractivity contribution in [2.45, 2.75) is 19.8 Å². The molecule has 0 bridgehead atoms. The molecule has 3 rings (SSSR count). The molecule has 0 N–H and O–H groups in total. The van der Waals surface area contributed by atoms with Crippen molar-refractivity contribution in [3.05, 3.63) is 82.9 Å². The summed E-state index contributed by atoms with van der Waals surface area (Å²) in [5.41, 5.74) is 4.18. The average Bonchev–Trinajstić information content (AvgIpc) is 2.59. The van der Waals surface area contributed by atoms with Gasteiger partial charge in [0.1, 0.15) is 11.7 Å². The van der Waals surface area contributed by atoms with Gasteiger partial charge in [0, 0.05) is 11.1 Å². The molecule has 0 spiro atoms. The molecular formula is C20H16FN3. The lowest BCUT2D eigenvalue weighted by Crippen LogP contribution is -2.06. The molecule has 118 valence electrons. The van der Waals surface area contributed by atoms with Gasteiger partial charge < -0.3 is 0 Å². The fourth-order valence-electron chi connectivity index (χ4n) is 2.77. The molecule has 0 radical (unpaired) electrons. The lowest BCUT2D eigenvalue weighted by molar-refractivity contribution is 0.631. The molecule has 0 aliphatic rings. The summed E-state index contributed by atoms with van der Waals surface area (Å²) < 4.78 is 14.1. The Morgan fingerprint density at radius 2 is 1.67 bits per heavy atom. The minimum atomic E-state index is -0.537. The molecule has 2 aromatic carbocycles. The van der Waals surface area contributed by atoms with E-state index in [-0.39, 0.29) is 5.82 Å². The van der Waals surface area contributed by atoms with Crippen LogP contribution in [0.25, 0.3) is 11.1 Å². The molecule has 1 atom stereocenters. The number of nitriles is 1. The summed E-state index contributed by atoms with van der Waals surface area (Å²) >= 11 is 0. The highest BCUT2D eigenvalue weighted by Crippen LogP contribution is 2.30. The second-order valence-electron chi connectivity index (χ2n) is 5.67. The maximum absolute atomic E-state index is 14.1. The van der Waals surface area contributed by atoms with Crippen LogP contribution < -0.4 is 0 Å². The van der Waals surface area contributed by atoms with Crippen molar-refractivity contribution in [2.24, 2.45) is 0 Å². The normalized spacial score (nSPS) is 11.8. The highest BCUT2D eigenvalue weighted by Gasteiger charge is 2.19. The fraction of sp³-hybridized carbons (Fsp3) is 0.150. The van der Waals surface area contributed by atoms with E-state index in [9.17, 15) is 9.65 Å². The van der Waals surface area contributed by atoms with Crippen LogP contribution in [0.1, 0.15) is 28.4 Å². The molecule has 0 saturated carbocycles. The minimum Gasteiger partial charge on any atom is -0.206 e. The van der Waals surface area contributed by atoms with Crippen LogP contribution in [0.4, 0.5) is 4.39 Å². The Hall–Kier alpha value is -3.06. The zero-order chi connectivity index (χ0) is 17.1. The molecule has 0 fully saturated rings. The van der Waals surface area contributed by atoms with Crippen LogP contribution >= 0.6 is 0 Å². The van der Waals surface area contributed by atoms with E-state index < -0.39 is 5.92 Å². The standard InChI is InChI=1S/C20H16FN3/c1-13-7-3-4-8-15(13)18(12-22)20-11-17(14(2)23-24-20)16-9-5-6-10-19(16)21/h3-11,18H,1-2H3. The lowest BCUT2D eigenvalue weighted by Gasteiger charge is -2.14. The van der Waals surface area contributed by atoms with Gasteiger partial charge in [-0.25, -0.2) is 4.39 Å². The quantitative estimate of drug-likeness (QED) is 0.712. The second-order valence-corrected chi connectivity index (χ2v) is 5.67. The Labute approximate surface area is 140 Å². The maximum atomic E-state index is 14.1. The SMILES string of the molecule is Cc1ccccc1C(C#N)c1cc(-c2ccccc2F)c(C)nn1. The first kappa shape index (κ1) is 15.8. The molecular weight excluding hydrogens is 301 g/mol. The van der Waals surface area contributed by atoms with Gasteiger partial charge in [-0.2, -0.15) is 15.5 Å². The van der Waals surface area contributed by atoms with Gasteiger partial charge in [0.15, 0.2) is 0 Å². The van der Waals surface area contributed by atoms with Gasteiger partial charge in [0.05, 0.1) is 17.5 Å². The highest BCUT2D eigenvalue weighted by molar-refractivity contribution is 5.67. The van der Waals surface area contributed by atoms with Crippen molar-refractivity contribution in [1.29, 1.82) is 5.26 Å². The van der Waals surface area contributed by atoms with E-state index in [4.69, 9.17) is 0 Å². The largest absolute Gasteiger partial charge is 0.206 e. The summed E-state index contributed by atoms with van der Waals surface area (Å²) in [4.78, 5) is 0. The topological polar surface area (TPSA) is 49.6 Å². The first-order valence-corrected chi connectivity index (χ1v) is 7.66. The molecule has 3 nitrogen and oxygen atoms in total. The molecule has 3 aromatic rings. The number of benzene rings is 2. The Morgan fingerprint density at radius 1 is 0.958 bits per heavy atom. The summed E-state index contributed by atoms with van der Waals surface area (Å²) in [6.07, 6.45) is 0. The first-order valence-electron chi connectivity index (χ1n) is 7.66. The van der Waals surface area contributed by atoms with Crippen LogP contribution in [-0.4, -0.2) is 10.2 Å². The van der Waals surface area contributed by atoms with E-state index in [1.54, 1.807) is 31.2 Å². The van der Waals surface area contributed by atoms with E-state index in [2.05, 4.69) is 16.3 Å². The molecule has 1 aromatic heterocycles. The van der Waals surface area contributed by atoms with Crippen LogP contribution in [0.3, 0.4) is 0 Å². The number of nitrogens with zero attached hydrogens (tertiary/aromatic N) is 3. The van der Waals surface area contributed by atoms with Gasteiger partial charge in [-0.1, -0.05) is 42.5 Å². The fourth-order valence-corrected chi connectivity index (χ4v) is 2.77. The highest BCUT2D eigenvalue weighted by atomic mass is 19.1. The lowest BCUT2D eigenvalue weighted by atomic mass is 9.91. The third kappa shape index (κ3) is 2.89. The monoisotopic (exact) mass is 317 g/mol. The van der Waals surface area contributed by atoms with Gasteiger partial charge in [-0.15, -0.1) is 0 Å². The number of hydrogen-bond acceptors (Lipinski definition) is 3. The molecule has 0 amide bonds. The summed E-state index contributed by atoms with van der Waals surface area (Å²) in [6.45, 7) is 3.74. The van der Waals surface area contributed by atoms with E-state index >= 15 is 0 Å². The number of aryl methyl sites for hydroxylation is 2. The zero-order valence-electron chi connectivity index (χ0n) is 13.5. The second kappa shape index (κ2) is 6.59. The molecule has 1 heterocycles. The Morgan fingerprint density at radius 3 is 2.38 bits per heavy atom. The van der Waals surface area contributed by atoms with Crippen molar-refractivity contribution in [3.8, 4) is 17.2 Å². The van der Waals surface area contributed by atoms with Crippen molar-refractivity contribution in [3.63, 3.8) is 0 Å².